The van der Waals surface area contributed by atoms with Gasteiger partial charge in [-0.15, -0.1) is 0 Å². The molecule has 1 fully saturated rings. The lowest BCUT2D eigenvalue weighted by molar-refractivity contribution is 0.385. The average molecular weight is 176 g/mol. The number of hydrogen-bond acceptors (Lipinski definition) is 2. The molecule has 2 nitrogen and oxygen atoms in total. The van der Waals surface area contributed by atoms with Crippen molar-refractivity contribution < 1.29 is 0 Å². The van der Waals surface area contributed by atoms with Crippen LogP contribution in [0.1, 0.15) is 37.2 Å². The van der Waals surface area contributed by atoms with Crippen LogP contribution in [-0.2, 0) is 0 Å². The predicted molar refractivity (Wildman–Crippen MR) is 53.4 cm³/mol. The third kappa shape index (κ3) is 1.89. The number of nitrogens with two attached hydrogens (primary N) is 1. The molecule has 1 saturated carbocycles. The van der Waals surface area contributed by atoms with Crippen LogP contribution < -0.4 is 5.73 Å². The Bertz CT molecular complexity index is 258. The maximum absolute atomic E-state index is 6.08. The van der Waals surface area contributed by atoms with Crippen LogP contribution >= 0.6 is 0 Å². The van der Waals surface area contributed by atoms with Gasteiger partial charge in [0.1, 0.15) is 0 Å². The van der Waals surface area contributed by atoms with Gasteiger partial charge in [0.25, 0.3) is 0 Å². The maximum Gasteiger partial charge on any atom is 0.0303 e. The van der Waals surface area contributed by atoms with Gasteiger partial charge in [0, 0.05) is 24.4 Å². The third-order valence-electron chi connectivity index (χ3n) is 2.93. The highest BCUT2D eigenvalue weighted by molar-refractivity contribution is 5.17. The summed E-state index contributed by atoms with van der Waals surface area (Å²) in [6.07, 6.45) is 8.77. The number of hydrogen-bond donors (Lipinski definition) is 1. The van der Waals surface area contributed by atoms with Crippen molar-refractivity contribution in [2.24, 2.45) is 5.73 Å². The molecule has 2 rings (SSSR count). The van der Waals surface area contributed by atoms with E-state index in [2.05, 4.69) is 11.1 Å². The molecule has 1 aromatic heterocycles. The molecule has 2 unspecified atom stereocenters. The molecule has 1 aliphatic carbocycles. The smallest absolute Gasteiger partial charge is 0.0303 e. The lowest BCUT2D eigenvalue weighted by atomic mass is 9.81. The van der Waals surface area contributed by atoms with Crippen LogP contribution in [0.5, 0.6) is 0 Å². The zero-order valence-electron chi connectivity index (χ0n) is 7.82. The summed E-state index contributed by atoms with van der Waals surface area (Å²) >= 11 is 0. The van der Waals surface area contributed by atoms with Gasteiger partial charge >= 0.3 is 0 Å². The average Bonchev–Trinajstić information content (AvgIpc) is 2.20. The molecule has 2 atom stereocenters. The van der Waals surface area contributed by atoms with E-state index in [1.165, 1.54) is 31.2 Å². The monoisotopic (exact) mass is 176 g/mol. The van der Waals surface area contributed by atoms with Gasteiger partial charge in [-0.25, -0.2) is 0 Å². The first kappa shape index (κ1) is 8.70. The molecule has 0 bridgehead atoms. The molecule has 2 heteroatoms. The van der Waals surface area contributed by atoms with E-state index in [-0.39, 0.29) is 0 Å². The van der Waals surface area contributed by atoms with E-state index in [4.69, 9.17) is 5.73 Å². The van der Waals surface area contributed by atoms with Gasteiger partial charge in [0.15, 0.2) is 0 Å². The minimum atomic E-state index is 0.345. The number of nitrogens with zero attached hydrogens (tertiary/aromatic N) is 1. The second-order valence-corrected chi connectivity index (χ2v) is 3.84. The van der Waals surface area contributed by atoms with Crippen molar-refractivity contribution in [2.45, 2.75) is 37.6 Å². The van der Waals surface area contributed by atoms with Gasteiger partial charge in [-0.2, -0.15) is 0 Å². The maximum atomic E-state index is 6.08. The van der Waals surface area contributed by atoms with E-state index in [1.807, 2.05) is 18.5 Å². The molecule has 1 aliphatic rings. The van der Waals surface area contributed by atoms with Crippen LogP contribution in [0.2, 0.25) is 0 Å². The first-order valence-corrected chi connectivity index (χ1v) is 5.03. The Kier molecular flexibility index (Phi) is 2.60. The molecule has 0 aromatic carbocycles. The number of rotatable bonds is 1. The van der Waals surface area contributed by atoms with E-state index >= 15 is 0 Å². The fourth-order valence-electron chi connectivity index (χ4n) is 2.17. The standard InChI is InChI=1S/C11H16N2/c12-11-6-2-1-5-10(11)9-4-3-7-13-8-9/h3-4,7-8,10-11H,1-2,5-6,12H2. The van der Waals surface area contributed by atoms with Crippen LogP contribution in [0.3, 0.4) is 0 Å². The second kappa shape index (κ2) is 3.88. The molecule has 1 aromatic rings. The summed E-state index contributed by atoms with van der Waals surface area (Å²) in [4.78, 5) is 4.14. The minimum Gasteiger partial charge on any atom is -0.327 e. The summed E-state index contributed by atoms with van der Waals surface area (Å²) < 4.78 is 0. The number of pyridine rings is 1. The summed E-state index contributed by atoms with van der Waals surface area (Å²) in [5, 5.41) is 0. The molecule has 1 heterocycles. The summed E-state index contributed by atoms with van der Waals surface area (Å²) in [5.74, 6) is 0.544. The molecule has 13 heavy (non-hydrogen) atoms. The largest absolute Gasteiger partial charge is 0.327 e. The van der Waals surface area contributed by atoms with E-state index in [9.17, 15) is 0 Å². The van der Waals surface area contributed by atoms with Crippen LogP contribution in [-0.4, -0.2) is 11.0 Å². The van der Waals surface area contributed by atoms with Gasteiger partial charge in [-0.3, -0.25) is 4.98 Å². The van der Waals surface area contributed by atoms with Gasteiger partial charge in [0.05, 0.1) is 0 Å². The Hall–Kier alpha value is -0.890. The Morgan fingerprint density at radius 1 is 1.31 bits per heavy atom. The summed E-state index contributed by atoms with van der Waals surface area (Å²) in [6, 6.07) is 4.48. The molecule has 70 valence electrons. The first-order valence-electron chi connectivity index (χ1n) is 5.03. The predicted octanol–water partition coefficient (Wildman–Crippen LogP) is 2.07. The molecular formula is C11H16N2. The molecule has 0 radical (unpaired) electrons. The molecular weight excluding hydrogens is 160 g/mol. The highest BCUT2D eigenvalue weighted by Gasteiger charge is 2.22. The molecule has 0 saturated heterocycles. The van der Waals surface area contributed by atoms with E-state index in [1.54, 1.807) is 0 Å². The lowest BCUT2D eigenvalue weighted by Crippen LogP contribution is -2.31. The fourth-order valence-corrected chi connectivity index (χ4v) is 2.17. The Morgan fingerprint density at radius 2 is 2.15 bits per heavy atom. The van der Waals surface area contributed by atoms with Crippen LogP contribution in [0.25, 0.3) is 0 Å². The van der Waals surface area contributed by atoms with Gasteiger partial charge in [-0.1, -0.05) is 18.9 Å². The van der Waals surface area contributed by atoms with E-state index < -0.39 is 0 Å². The highest BCUT2D eigenvalue weighted by Crippen LogP contribution is 2.31. The SMILES string of the molecule is NC1CCCCC1c1cccnc1. The van der Waals surface area contributed by atoms with E-state index in [0.29, 0.717) is 12.0 Å². The van der Waals surface area contributed by atoms with E-state index in [0.717, 1.165) is 0 Å². The third-order valence-corrected chi connectivity index (χ3v) is 2.93. The van der Waals surface area contributed by atoms with Crippen molar-refractivity contribution in [1.82, 2.24) is 4.98 Å². The van der Waals surface area contributed by atoms with Crippen molar-refractivity contribution in [1.29, 1.82) is 0 Å². The zero-order chi connectivity index (χ0) is 9.10. The van der Waals surface area contributed by atoms with Crippen molar-refractivity contribution in [3.05, 3.63) is 30.1 Å². The summed E-state index contributed by atoms with van der Waals surface area (Å²) in [5.41, 5.74) is 7.40. The summed E-state index contributed by atoms with van der Waals surface area (Å²) in [6.45, 7) is 0. The van der Waals surface area contributed by atoms with Crippen molar-refractivity contribution >= 4 is 0 Å². The van der Waals surface area contributed by atoms with Crippen molar-refractivity contribution in [2.75, 3.05) is 0 Å². The Balaban J connectivity index is 2.15. The topological polar surface area (TPSA) is 38.9 Å². The normalized spacial score (nSPS) is 28.7. The lowest BCUT2D eigenvalue weighted by Gasteiger charge is -2.28. The number of aromatic nitrogens is 1. The van der Waals surface area contributed by atoms with Gasteiger partial charge in [0.2, 0.25) is 0 Å². The molecule has 2 N–H and O–H groups in total. The molecule has 0 aliphatic heterocycles. The van der Waals surface area contributed by atoms with Crippen molar-refractivity contribution in [3.63, 3.8) is 0 Å². The van der Waals surface area contributed by atoms with Crippen LogP contribution in [0.15, 0.2) is 24.5 Å². The first-order chi connectivity index (χ1) is 6.38. The fraction of sp³-hybridized carbons (Fsp3) is 0.545. The van der Waals surface area contributed by atoms with Crippen LogP contribution in [0.4, 0.5) is 0 Å². The molecule has 0 spiro atoms. The van der Waals surface area contributed by atoms with Crippen LogP contribution in [0, 0.1) is 0 Å². The van der Waals surface area contributed by atoms with Gasteiger partial charge < -0.3 is 5.73 Å². The van der Waals surface area contributed by atoms with Crippen molar-refractivity contribution in [3.8, 4) is 0 Å². The zero-order valence-corrected chi connectivity index (χ0v) is 7.82. The highest BCUT2D eigenvalue weighted by atomic mass is 14.7. The quantitative estimate of drug-likeness (QED) is 0.711. The minimum absolute atomic E-state index is 0.345. The molecule has 0 amide bonds. The second-order valence-electron chi connectivity index (χ2n) is 3.84. The Morgan fingerprint density at radius 3 is 2.85 bits per heavy atom. The summed E-state index contributed by atoms with van der Waals surface area (Å²) in [7, 11) is 0. The Labute approximate surface area is 79.2 Å². The van der Waals surface area contributed by atoms with Gasteiger partial charge in [-0.05, 0) is 24.5 Å².